The summed E-state index contributed by atoms with van der Waals surface area (Å²) in [6.07, 6.45) is 0. The second kappa shape index (κ2) is 18.5. The average Bonchev–Trinajstić information content (AvgIpc) is 3.66. The topological polar surface area (TPSA) is 9.23 Å². The van der Waals surface area contributed by atoms with Crippen LogP contribution in [0.15, 0.2) is 192 Å². The minimum atomic E-state index is -0.333. The molecular weight excluding hydrogens is 724 g/mol. The van der Waals surface area contributed by atoms with Crippen molar-refractivity contribution in [3.63, 3.8) is 0 Å². The molecule has 6 aromatic carbocycles. The van der Waals surface area contributed by atoms with Crippen LogP contribution in [0.25, 0.3) is 22.3 Å². The molecule has 2 aliphatic rings. The molecule has 2 aliphatic carbocycles. The minimum absolute atomic E-state index is 0.180. The van der Waals surface area contributed by atoms with Gasteiger partial charge in [-0.15, -0.1) is 0 Å². The van der Waals surface area contributed by atoms with Gasteiger partial charge in [-0.25, -0.2) is 0 Å². The van der Waals surface area contributed by atoms with E-state index in [2.05, 4.69) is 213 Å². The first kappa shape index (κ1) is 40.2. The molecule has 0 spiro atoms. The first-order chi connectivity index (χ1) is 27.8. The molecule has 0 fully saturated rings. The zero-order valence-corrected chi connectivity index (χ0v) is 36.2. The predicted molar refractivity (Wildman–Crippen MR) is 241 cm³/mol. The van der Waals surface area contributed by atoms with Gasteiger partial charge in [0.05, 0.1) is 13.2 Å². The van der Waals surface area contributed by atoms with Crippen LogP contribution in [0.3, 0.4) is 0 Å². The summed E-state index contributed by atoms with van der Waals surface area (Å²) in [6.45, 7) is 10.4. The first-order valence-electron chi connectivity index (χ1n) is 20.3. The summed E-state index contributed by atoms with van der Waals surface area (Å²) in [5, 5.41) is 7.00. The third kappa shape index (κ3) is 8.63. The summed E-state index contributed by atoms with van der Waals surface area (Å²) in [5.41, 5.74) is 21.1. The molecule has 0 heterocycles. The Morgan fingerprint density at radius 3 is 0.842 bits per heavy atom. The Morgan fingerprint density at radius 2 is 0.579 bits per heavy atom. The van der Waals surface area contributed by atoms with Crippen LogP contribution in [-0.4, -0.2) is 0 Å². The molecule has 0 radical (unpaired) electrons. The summed E-state index contributed by atoms with van der Waals surface area (Å²) in [6, 6.07) is 61.3. The van der Waals surface area contributed by atoms with Crippen LogP contribution >= 0.6 is 0 Å². The molecule has 2 heteroatoms. The van der Waals surface area contributed by atoms with Gasteiger partial charge in [-0.1, -0.05) is 192 Å². The Kier molecular flexibility index (Phi) is 13.0. The summed E-state index contributed by atoms with van der Waals surface area (Å²) in [5.74, 6) is 0.360. The molecule has 0 saturated carbocycles. The zero-order chi connectivity index (χ0) is 39.9. The fourth-order valence-corrected chi connectivity index (χ4v) is 9.02. The van der Waals surface area contributed by atoms with E-state index in [1.807, 2.05) is 0 Å². The van der Waals surface area contributed by atoms with E-state index >= 15 is 0 Å². The number of ether oxygens (including phenoxy) is 1. The third-order valence-electron chi connectivity index (χ3n) is 11.3. The van der Waals surface area contributed by atoms with Crippen LogP contribution in [0, 0.1) is 0 Å². The fourth-order valence-electron chi connectivity index (χ4n) is 9.02. The Balaban J connectivity index is 0.00000119. The monoisotopic (exact) mass is 779 g/mol. The SMILES string of the molecule is CC1=C(c2ccccc2)C(c2ccccc2)=C(C)C1c1ccccc1COCc1ccccc1C1C(C)=C(c2ccccc2)C(c2ccccc2)=C1C.[CH3][Ti]([CH3])[CH3]. The van der Waals surface area contributed by atoms with Crippen molar-refractivity contribution in [1.82, 2.24) is 0 Å². The van der Waals surface area contributed by atoms with Gasteiger partial charge in [0.25, 0.3) is 0 Å². The molecule has 0 unspecified atom stereocenters. The molecule has 0 bridgehead atoms. The second-order valence-electron chi connectivity index (χ2n) is 16.0. The van der Waals surface area contributed by atoms with Crippen molar-refractivity contribution in [2.24, 2.45) is 0 Å². The van der Waals surface area contributed by atoms with E-state index < -0.39 is 0 Å². The molecule has 0 amide bonds. The first-order valence-corrected chi connectivity index (χ1v) is 25.0. The van der Waals surface area contributed by atoms with Crippen LogP contribution in [0.2, 0.25) is 15.7 Å². The van der Waals surface area contributed by atoms with Crippen LogP contribution < -0.4 is 0 Å². The Labute approximate surface area is 348 Å². The van der Waals surface area contributed by atoms with Crippen molar-refractivity contribution in [1.29, 1.82) is 0 Å². The maximum absolute atomic E-state index is 6.73. The Hall–Kier alpha value is -5.05. The number of hydrogen-bond acceptors (Lipinski definition) is 1. The fraction of sp³-hybridized carbons (Fsp3) is 0.200. The van der Waals surface area contributed by atoms with Crippen molar-refractivity contribution in [3.8, 4) is 0 Å². The molecule has 8 rings (SSSR count). The standard InChI is InChI=1S/C52H46O.3CH3.Ti/c1-35-47(36(2)50(40-23-11-6-12-24-40)49(35)39-21-9-5-10-22-39)45-31-19-17-29-43(45)33-53-34-44-30-18-20-32-46(44)48-37(3)51(41-25-13-7-14-26-41)52(38(48)4)42-27-15-8-16-28-42;;;;/h5-32,47-48H,33-34H2,1-4H3;3*1H3;. The van der Waals surface area contributed by atoms with Crippen molar-refractivity contribution in [2.75, 3.05) is 0 Å². The van der Waals surface area contributed by atoms with Gasteiger partial charge in [0.15, 0.2) is 0 Å². The molecular formula is C55H55OTi. The van der Waals surface area contributed by atoms with E-state index in [9.17, 15) is 0 Å². The van der Waals surface area contributed by atoms with Gasteiger partial charge in [-0.3, -0.25) is 0 Å². The molecule has 285 valence electrons. The van der Waals surface area contributed by atoms with Crippen molar-refractivity contribution in [2.45, 2.75) is 68.4 Å². The van der Waals surface area contributed by atoms with Gasteiger partial charge in [0.1, 0.15) is 0 Å². The van der Waals surface area contributed by atoms with E-state index in [0.29, 0.717) is 13.2 Å². The second-order valence-corrected chi connectivity index (χ2v) is 20.6. The van der Waals surface area contributed by atoms with Gasteiger partial charge in [0.2, 0.25) is 0 Å². The quantitative estimate of drug-likeness (QED) is 0.126. The van der Waals surface area contributed by atoms with Gasteiger partial charge >= 0.3 is 33.6 Å². The summed E-state index contributed by atoms with van der Waals surface area (Å²) >= 11 is -0.333. The van der Waals surface area contributed by atoms with Gasteiger partial charge in [-0.05, 0) is 94.5 Å². The van der Waals surface area contributed by atoms with Crippen LogP contribution in [-0.2, 0) is 35.8 Å². The predicted octanol–water partition coefficient (Wildman–Crippen LogP) is 15.2. The Morgan fingerprint density at radius 1 is 0.351 bits per heavy atom. The number of allylic oxidation sites excluding steroid dienone is 8. The van der Waals surface area contributed by atoms with E-state index in [0.717, 1.165) is 0 Å². The molecule has 0 atom stereocenters. The number of rotatable bonds is 10. The summed E-state index contributed by atoms with van der Waals surface area (Å²) in [7, 11) is 0. The molecule has 6 aromatic rings. The van der Waals surface area contributed by atoms with E-state index in [4.69, 9.17) is 4.74 Å². The molecule has 57 heavy (non-hydrogen) atoms. The van der Waals surface area contributed by atoms with Crippen LogP contribution in [0.1, 0.15) is 84.0 Å². The van der Waals surface area contributed by atoms with E-state index in [1.165, 1.54) is 89.1 Å². The summed E-state index contributed by atoms with van der Waals surface area (Å²) < 4.78 is 6.73. The van der Waals surface area contributed by atoms with Crippen molar-refractivity contribution < 1.29 is 22.6 Å². The van der Waals surface area contributed by atoms with Crippen LogP contribution in [0.5, 0.6) is 0 Å². The third-order valence-corrected chi connectivity index (χ3v) is 11.3. The molecule has 0 N–H and O–H groups in total. The van der Waals surface area contributed by atoms with Gasteiger partial charge in [-0.2, -0.15) is 0 Å². The summed E-state index contributed by atoms with van der Waals surface area (Å²) in [4.78, 5) is 0. The van der Waals surface area contributed by atoms with Gasteiger partial charge < -0.3 is 4.74 Å². The van der Waals surface area contributed by atoms with Crippen LogP contribution in [0.4, 0.5) is 0 Å². The van der Waals surface area contributed by atoms with E-state index in [1.54, 1.807) is 0 Å². The molecule has 1 nitrogen and oxygen atoms in total. The van der Waals surface area contributed by atoms with E-state index in [-0.39, 0.29) is 29.7 Å². The van der Waals surface area contributed by atoms with Crippen molar-refractivity contribution >= 4 is 22.3 Å². The molecule has 0 aliphatic heterocycles. The molecule has 0 aromatic heterocycles. The maximum atomic E-state index is 6.73. The normalized spacial score (nSPS) is 14.7. The average molecular weight is 780 g/mol. The zero-order valence-electron chi connectivity index (χ0n) is 34.6. The van der Waals surface area contributed by atoms with Gasteiger partial charge in [0, 0.05) is 11.8 Å². The number of benzene rings is 6. The van der Waals surface area contributed by atoms with Crippen molar-refractivity contribution in [3.05, 3.63) is 237 Å². The molecule has 0 saturated heterocycles. The number of hydrogen-bond donors (Lipinski definition) is 0. The Bertz CT molecular complexity index is 2140.